The van der Waals surface area contributed by atoms with E-state index in [-0.39, 0.29) is 25.2 Å². The molecular formula is H2CdO3P. The second-order valence-electron chi connectivity index (χ2n) is 0.665. The third-order valence-corrected chi connectivity index (χ3v) is 0. The quantitative estimate of drug-likeness (QED) is 0.407. The van der Waals surface area contributed by atoms with E-state index in [1.54, 1.807) is 0 Å². The SMILES string of the molecule is O=[P](O)(O)[Cd]. The van der Waals surface area contributed by atoms with E-state index >= 15 is 0 Å². The third-order valence-electron chi connectivity index (χ3n) is 0. The van der Waals surface area contributed by atoms with Crippen molar-refractivity contribution in [2.45, 2.75) is 0 Å². The Labute approximate surface area is 44.5 Å². The molecule has 0 aromatic carbocycles. The van der Waals surface area contributed by atoms with Gasteiger partial charge >= 0.3 is 44.2 Å². The van der Waals surface area contributed by atoms with Crippen molar-refractivity contribution in [1.29, 1.82) is 0 Å². The molecule has 0 heterocycles. The molecule has 0 rings (SSSR count). The fourth-order valence-corrected chi connectivity index (χ4v) is 0. The molecule has 0 unspecified atom stereocenters. The van der Waals surface area contributed by atoms with Crippen LogP contribution < -0.4 is 0 Å². The first-order valence-corrected chi connectivity index (χ1v) is 8.11. The maximum absolute atomic E-state index is 9.40. The Hall–Kier alpha value is 1.07. The monoisotopic (exact) mass is 195 g/mol. The van der Waals surface area contributed by atoms with Gasteiger partial charge < -0.3 is 0 Å². The number of hydrogen-bond donors (Lipinski definition) is 2. The predicted octanol–water partition coefficient (Wildman–Crippen LogP) is -0.374. The van der Waals surface area contributed by atoms with Crippen LogP contribution in [0, 0.1) is 0 Å². The Morgan fingerprint density at radius 2 is 1.60 bits per heavy atom. The molecule has 5 heteroatoms. The average molecular weight is 193 g/mol. The van der Waals surface area contributed by atoms with Gasteiger partial charge in [-0.2, -0.15) is 0 Å². The van der Waals surface area contributed by atoms with Crippen molar-refractivity contribution in [2.24, 2.45) is 0 Å². The Morgan fingerprint density at radius 1 is 1.60 bits per heavy atom. The van der Waals surface area contributed by atoms with Gasteiger partial charge in [0, 0.05) is 0 Å². The van der Waals surface area contributed by atoms with Crippen LogP contribution in [0.15, 0.2) is 0 Å². The zero-order valence-corrected chi connectivity index (χ0v) is 7.39. The molecule has 0 atom stereocenters. The van der Waals surface area contributed by atoms with Gasteiger partial charge in [0.25, 0.3) is 0 Å². The van der Waals surface area contributed by atoms with E-state index in [2.05, 4.69) is 0 Å². The van der Waals surface area contributed by atoms with Gasteiger partial charge in [0.2, 0.25) is 0 Å². The van der Waals surface area contributed by atoms with Crippen molar-refractivity contribution < 1.29 is 39.5 Å². The minimum absolute atomic E-state index is 0.222. The second-order valence-corrected chi connectivity index (χ2v) is 9.05. The van der Waals surface area contributed by atoms with E-state index in [1.807, 2.05) is 0 Å². The van der Waals surface area contributed by atoms with Gasteiger partial charge in [0.1, 0.15) is 0 Å². The van der Waals surface area contributed by atoms with Gasteiger partial charge in [0.05, 0.1) is 0 Å². The van der Waals surface area contributed by atoms with Gasteiger partial charge in [0.15, 0.2) is 0 Å². The molecule has 2 N–H and O–H groups in total. The fourth-order valence-electron chi connectivity index (χ4n) is 0. The first kappa shape index (κ1) is 6.07. The maximum atomic E-state index is 9.40. The van der Waals surface area contributed by atoms with Crippen molar-refractivity contribution in [3.05, 3.63) is 0 Å². The molecule has 0 fully saturated rings. The van der Waals surface area contributed by atoms with Crippen molar-refractivity contribution >= 4 is 4.71 Å². The molecule has 0 saturated heterocycles. The molecule has 0 aliphatic carbocycles. The van der Waals surface area contributed by atoms with Crippen molar-refractivity contribution in [3.63, 3.8) is 0 Å². The van der Waals surface area contributed by atoms with Crippen molar-refractivity contribution in [1.82, 2.24) is 0 Å². The minimum atomic E-state index is -3.47. The van der Waals surface area contributed by atoms with Crippen LogP contribution in [0.5, 0.6) is 0 Å². The molecule has 0 spiro atoms. The van der Waals surface area contributed by atoms with Gasteiger partial charge in [-0.3, -0.25) is 0 Å². The summed E-state index contributed by atoms with van der Waals surface area (Å²) in [5, 5.41) is 0. The summed E-state index contributed by atoms with van der Waals surface area (Å²) in [4.78, 5) is 15.4. The van der Waals surface area contributed by atoms with Crippen LogP contribution in [0.1, 0.15) is 0 Å². The van der Waals surface area contributed by atoms with Crippen LogP contribution in [0.4, 0.5) is 0 Å². The number of hydrogen-bond acceptors (Lipinski definition) is 1. The normalized spacial score (nSPS) is 12.0. The average Bonchev–Trinajstić information content (AvgIpc) is 0.722. The summed E-state index contributed by atoms with van der Waals surface area (Å²) >= 11 is -0.222. The molecule has 3 nitrogen and oxygen atoms in total. The van der Waals surface area contributed by atoms with Gasteiger partial charge in [-0.1, -0.05) is 0 Å². The van der Waals surface area contributed by atoms with Crippen LogP contribution in [0.3, 0.4) is 0 Å². The van der Waals surface area contributed by atoms with Gasteiger partial charge in [-0.05, 0) is 0 Å². The third kappa shape index (κ3) is 41.6. The topological polar surface area (TPSA) is 57.5 Å². The summed E-state index contributed by atoms with van der Waals surface area (Å²) in [5.74, 6) is 0. The van der Waals surface area contributed by atoms with Crippen molar-refractivity contribution in [3.8, 4) is 0 Å². The van der Waals surface area contributed by atoms with E-state index in [9.17, 15) is 4.57 Å². The van der Waals surface area contributed by atoms with Crippen LogP contribution in [0.2, 0.25) is 0 Å². The summed E-state index contributed by atoms with van der Waals surface area (Å²) in [7, 11) is 0. The van der Waals surface area contributed by atoms with E-state index < -0.39 is 4.71 Å². The van der Waals surface area contributed by atoms with E-state index in [1.165, 1.54) is 0 Å². The fraction of sp³-hybridized carbons (Fsp3) is 0. The van der Waals surface area contributed by atoms with E-state index in [0.29, 0.717) is 0 Å². The summed E-state index contributed by atoms with van der Waals surface area (Å²) < 4.78 is 5.93. The van der Waals surface area contributed by atoms with E-state index in [4.69, 9.17) is 9.79 Å². The molecular weight excluding hydrogens is 191 g/mol. The molecule has 0 aromatic heterocycles. The Bertz CT molecular complexity index is 53.0. The molecule has 0 saturated carbocycles. The van der Waals surface area contributed by atoms with Crippen molar-refractivity contribution in [2.75, 3.05) is 0 Å². The first-order chi connectivity index (χ1) is 2.00. The molecule has 0 aliphatic heterocycles. The Balaban J connectivity index is 3.47. The molecule has 0 aromatic rings. The van der Waals surface area contributed by atoms with Crippen LogP contribution in [-0.4, -0.2) is 9.79 Å². The molecule has 5 heavy (non-hydrogen) atoms. The zero-order chi connectivity index (χ0) is 4.50. The standard InChI is InChI=1S/Cd.HO3P/c;1-4(2)3/h;(H-,1,2,3)/q-1;/p+1. The molecule has 0 bridgehead atoms. The zero-order valence-electron chi connectivity index (χ0n) is 2.46. The molecule has 27 valence electrons. The van der Waals surface area contributed by atoms with Crippen LogP contribution in [0.25, 0.3) is 0 Å². The number of rotatable bonds is 0. The first-order valence-electron chi connectivity index (χ1n) is 0.899. The van der Waals surface area contributed by atoms with Crippen LogP contribution >= 0.6 is 4.71 Å². The molecule has 0 amide bonds. The Kier molecular flexibility index (Phi) is 2.04. The van der Waals surface area contributed by atoms with Crippen LogP contribution in [-0.2, 0) is 29.7 Å². The van der Waals surface area contributed by atoms with Gasteiger partial charge in [-0.25, -0.2) is 0 Å². The summed E-state index contributed by atoms with van der Waals surface area (Å²) in [5.41, 5.74) is 0. The second kappa shape index (κ2) is 1.68. The van der Waals surface area contributed by atoms with Gasteiger partial charge in [-0.15, -0.1) is 0 Å². The van der Waals surface area contributed by atoms with E-state index in [0.717, 1.165) is 0 Å². The molecule has 0 radical (unpaired) electrons. The summed E-state index contributed by atoms with van der Waals surface area (Å²) in [6, 6.07) is 0. The Morgan fingerprint density at radius 3 is 1.60 bits per heavy atom. The predicted molar refractivity (Wildman–Crippen MR) is 12.0 cm³/mol. The summed E-state index contributed by atoms with van der Waals surface area (Å²) in [6.07, 6.45) is 0. The summed E-state index contributed by atoms with van der Waals surface area (Å²) in [6.45, 7) is 0. The molecule has 0 aliphatic rings.